The Morgan fingerprint density at radius 2 is 1.50 bits per heavy atom. The summed E-state index contributed by atoms with van der Waals surface area (Å²) >= 11 is 0. The molecule has 11 heteroatoms. The molecule has 5 rings (SSSR count). The molecule has 0 unspecified atom stereocenters. The Labute approximate surface area is 225 Å². The van der Waals surface area contributed by atoms with Gasteiger partial charge in [-0.25, -0.2) is 9.97 Å². The highest BCUT2D eigenvalue weighted by Gasteiger charge is 2.28. The summed E-state index contributed by atoms with van der Waals surface area (Å²) in [5.41, 5.74) is 3.51. The van der Waals surface area contributed by atoms with Crippen molar-refractivity contribution in [3.8, 4) is 0 Å². The third-order valence-corrected chi connectivity index (χ3v) is 9.04. The maximum absolute atomic E-state index is 12.6. The number of piperazine rings is 1. The molecule has 3 aromatic rings. The van der Waals surface area contributed by atoms with Crippen molar-refractivity contribution in [1.29, 1.82) is 0 Å². The van der Waals surface area contributed by atoms with Gasteiger partial charge >= 0.3 is 0 Å². The van der Waals surface area contributed by atoms with Crippen molar-refractivity contribution in [3.05, 3.63) is 59.7 Å². The summed E-state index contributed by atoms with van der Waals surface area (Å²) in [6.45, 7) is 10.5. The van der Waals surface area contributed by atoms with Gasteiger partial charge in [0.25, 0.3) is 10.1 Å². The summed E-state index contributed by atoms with van der Waals surface area (Å²) in [4.78, 5) is 16.7. The van der Waals surface area contributed by atoms with E-state index in [2.05, 4.69) is 26.7 Å². The fourth-order valence-corrected chi connectivity index (χ4v) is 6.07. The minimum atomic E-state index is -3.74. The molecule has 0 atom stereocenters. The number of hydrogen-bond acceptors (Lipinski definition) is 9. The minimum Gasteiger partial charge on any atom is -0.354 e. The van der Waals surface area contributed by atoms with E-state index in [0.717, 1.165) is 75.9 Å². The van der Waals surface area contributed by atoms with Gasteiger partial charge in [0.15, 0.2) is 11.6 Å². The van der Waals surface area contributed by atoms with Crippen molar-refractivity contribution in [2.24, 2.45) is 13.0 Å². The van der Waals surface area contributed by atoms with Crippen LogP contribution in [0.2, 0.25) is 0 Å². The standard InChI is InChI=1S/C27H37N7O3S/c1-21-4-6-25(7-5-21)38(35,36)37-20-23-8-12-33(13-9-23)26-27(29-11-10-28-26)34-16-14-32(15-17-34)19-24-18-30-31(3)22(24)2/h4-7,10-11,18,23H,8-9,12-17,19-20H2,1-3H3. The van der Waals surface area contributed by atoms with Gasteiger partial charge in [-0.05, 0) is 44.7 Å². The second-order valence-corrected chi connectivity index (χ2v) is 11.9. The highest BCUT2D eigenvalue weighted by atomic mass is 32.2. The molecule has 0 bridgehead atoms. The molecule has 38 heavy (non-hydrogen) atoms. The van der Waals surface area contributed by atoms with Crippen molar-refractivity contribution >= 4 is 21.8 Å². The molecule has 0 aliphatic carbocycles. The third kappa shape index (κ3) is 6.00. The van der Waals surface area contributed by atoms with Crippen LogP contribution in [0.25, 0.3) is 0 Å². The lowest BCUT2D eigenvalue weighted by Crippen LogP contribution is -2.47. The number of rotatable bonds is 8. The first-order chi connectivity index (χ1) is 18.3. The Kier molecular flexibility index (Phi) is 7.96. The fourth-order valence-electron chi connectivity index (χ4n) is 5.10. The van der Waals surface area contributed by atoms with Gasteiger partial charge in [-0.2, -0.15) is 13.5 Å². The molecule has 10 nitrogen and oxygen atoms in total. The Bertz CT molecular complexity index is 1330. The first kappa shape index (κ1) is 26.6. The molecule has 2 saturated heterocycles. The normalized spacial score (nSPS) is 17.8. The molecule has 2 fully saturated rings. The topological polar surface area (TPSA) is 96.7 Å². The predicted octanol–water partition coefficient (Wildman–Crippen LogP) is 2.77. The molecule has 2 aliphatic rings. The van der Waals surface area contributed by atoms with Crippen LogP contribution in [0.5, 0.6) is 0 Å². The van der Waals surface area contributed by atoms with Crippen LogP contribution in [0.4, 0.5) is 11.6 Å². The van der Waals surface area contributed by atoms with Gasteiger partial charge in [0, 0.05) is 76.5 Å². The zero-order valence-corrected chi connectivity index (χ0v) is 23.3. The quantitative estimate of drug-likeness (QED) is 0.400. The van der Waals surface area contributed by atoms with Crippen molar-refractivity contribution in [2.45, 2.75) is 38.1 Å². The van der Waals surface area contributed by atoms with Gasteiger partial charge in [-0.15, -0.1) is 0 Å². The Morgan fingerprint density at radius 1 is 0.895 bits per heavy atom. The van der Waals surface area contributed by atoms with Crippen molar-refractivity contribution in [2.75, 3.05) is 55.7 Å². The summed E-state index contributed by atoms with van der Waals surface area (Å²) in [5, 5.41) is 4.37. The first-order valence-corrected chi connectivity index (χ1v) is 14.7. The Balaban J connectivity index is 1.14. The van der Waals surface area contributed by atoms with Gasteiger partial charge in [0.1, 0.15) is 0 Å². The van der Waals surface area contributed by atoms with Gasteiger partial charge < -0.3 is 9.80 Å². The second kappa shape index (κ2) is 11.4. The van der Waals surface area contributed by atoms with E-state index < -0.39 is 10.1 Å². The highest BCUT2D eigenvalue weighted by molar-refractivity contribution is 7.86. The van der Waals surface area contributed by atoms with E-state index in [1.807, 2.05) is 24.9 Å². The van der Waals surface area contributed by atoms with E-state index in [1.54, 1.807) is 36.7 Å². The van der Waals surface area contributed by atoms with Crippen LogP contribution >= 0.6 is 0 Å². The zero-order chi connectivity index (χ0) is 26.7. The molecule has 1 aromatic carbocycles. The molecule has 0 saturated carbocycles. The van der Waals surface area contributed by atoms with E-state index in [4.69, 9.17) is 14.2 Å². The molecule has 2 aliphatic heterocycles. The number of nitrogens with zero attached hydrogens (tertiary/aromatic N) is 7. The van der Waals surface area contributed by atoms with Crippen LogP contribution in [-0.4, -0.2) is 78.9 Å². The van der Waals surface area contributed by atoms with Crippen LogP contribution < -0.4 is 9.80 Å². The van der Waals surface area contributed by atoms with E-state index in [9.17, 15) is 8.42 Å². The predicted molar refractivity (Wildman–Crippen MR) is 147 cm³/mol. The monoisotopic (exact) mass is 539 g/mol. The number of anilines is 2. The molecular formula is C27H37N7O3S. The lowest BCUT2D eigenvalue weighted by molar-refractivity contribution is 0.227. The first-order valence-electron chi connectivity index (χ1n) is 13.3. The van der Waals surface area contributed by atoms with E-state index in [1.165, 1.54) is 11.3 Å². The van der Waals surface area contributed by atoms with Gasteiger partial charge in [0.2, 0.25) is 0 Å². The minimum absolute atomic E-state index is 0.186. The largest absolute Gasteiger partial charge is 0.354 e. The van der Waals surface area contributed by atoms with E-state index in [0.29, 0.717) is 0 Å². The van der Waals surface area contributed by atoms with Crippen LogP contribution in [-0.2, 0) is 27.9 Å². The summed E-state index contributed by atoms with van der Waals surface area (Å²) in [6, 6.07) is 6.77. The Morgan fingerprint density at radius 3 is 2.08 bits per heavy atom. The maximum Gasteiger partial charge on any atom is 0.296 e. The summed E-state index contributed by atoms with van der Waals surface area (Å²) in [6.07, 6.45) is 7.18. The Hall–Kier alpha value is -3.02. The van der Waals surface area contributed by atoms with Gasteiger partial charge in [-0.1, -0.05) is 17.7 Å². The van der Waals surface area contributed by atoms with Crippen molar-refractivity contribution < 1.29 is 12.6 Å². The molecule has 0 spiro atoms. The summed E-state index contributed by atoms with van der Waals surface area (Å²) in [7, 11) is -1.76. The average Bonchev–Trinajstić information content (AvgIpc) is 3.25. The highest BCUT2D eigenvalue weighted by Crippen LogP contribution is 2.30. The molecule has 0 amide bonds. The molecule has 4 heterocycles. The SMILES string of the molecule is Cc1ccc(S(=O)(=O)OCC2CCN(c3nccnc3N3CCN(Cc4cnn(C)c4C)CC3)CC2)cc1. The lowest BCUT2D eigenvalue weighted by Gasteiger charge is -2.38. The number of aromatic nitrogens is 4. The molecule has 0 N–H and O–H groups in total. The average molecular weight is 540 g/mol. The van der Waals surface area contributed by atoms with Crippen LogP contribution in [0.3, 0.4) is 0 Å². The van der Waals surface area contributed by atoms with Crippen LogP contribution in [0.15, 0.2) is 47.8 Å². The molecule has 204 valence electrons. The number of aryl methyl sites for hydroxylation is 2. The summed E-state index contributed by atoms with van der Waals surface area (Å²) in [5.74, 6) is 2.03. The summed E-state index contributed by atoms with van der Waals surface area (Å²) < 4.78 is 32.5. The van der Waals surface area contributed by atoms with Crippen LogP contribution in [0.1, 0.15) is 29.7 Å². The van der Waals surface area contributed by atoms with Crippen LogP contribution in [0, 0.1) is 19.8 Å². The smallest absolute Gasteiger partial charge is 0.296 e. The van der Waals surface area contributed by atoms with Gasteiger partial charge in [0.05, 0.1) is 17.7 Å². The van der Waals surface area contributed by atoms with Crippen molar-refractivity contribution in [3.63, 3.8) is 0 Å². The van der Waals surface area contributed by atoms with E-state index in [-0.39, 0.29) is 17.4 Å². The zero-order valence-electron chi connectivity index (χ0n) is 22.5. The number of piperidine rings is 1. The molecular weight excluding hydrogens is 502 g/mol. The number of benzene rings is 1. The molecule has 2 aromatic heterocycles. The van der Waals surface area contributed by atoms with E-state index >= 15 is 0 Å². The maximum atomic E-state index is 12.6. The third-order valence-electron chi connectivity index (χ3n) is 7.75. The number of hydrogen-bond donors (Lipinski definition) is 0. The fraction of sp³-hybridized carbons (Fsp3) is 0.519. The second-order valence-electron chi connectivity index (χ2n) is 10.3. The van der Waals surface area contributed by atoms with Crippen molar-refractivity contribution in [1.82, 2.24) is 24.6 Å². The van der Waals surface area contributed by atoms with Gasteiger partial charge in [-0.3, -0.25) is 13.8 Å². The molecule has 0 radical (unpaired) electrons. The lowest BCUT2D eigenvalue weighted by atomic mass is 9.98.